The molecule has 0 saturated heterocycles. The summed E-state index contributed by atoms with van der Waals surface area (Å²) in [6.45, 7) is 1.62. The van der Waals surface area contributed by atoms with E-state index in [1.807, 2.05) is 66.7 Å². The third-order valence-corrected chi connectivity index (χ3v) is 7.66. The van der Waals surface area contributed by atoms with Crippen molar-refractivity contribution in [1.82, 2.24) is 10.6 Å². The number of hydrogen-bond donors (Lipinski definition) is 2. The molecule has 194 valence electrons. The van der Waals surface area contributed by atoms with Crippen LogP contribution in [0.3, 0.4) is 0 Å². The van der Waals surface area contributed by atoms with Crippen molar-refractivity contribution < 1.29 is 4.79 Å². The predicted octanol–water partition coefficient (Wildman–Crippen LogP) is 7.66. The molecule has 0 aliphatic heterocycles. The number of unbranched alkanes of at least 4 members (excludes halogenated alkanes) is 1. The maximum Gasteiger partial charge on any atom is 0.179 e. The summed E-state index contributed by atoms with van der Waals surface area (Å²) in [7, 11) is 0. The molecule has 1 aliphatic rings. The summed E-state index contributed by atoms with van der Waals surface area (Å²) in [6, 6.07) is 37.2. The first-order valence-electron chi connectivity index (χ1n) is 13.6. The number of Topliss-reactive ketones (excluding diaryl/α,β-unsaturated/α-hetero) is 1. The van der Waals surface area contributed by atoms with Crippen molar-refractivity contribution in [2.24, 2.45) is 0 Å². The minimum absolute atomic E-state index is 0.151. The number of ketones is 1. The molecule has 0 spiro atoms. The second-order valence-corrected chi connectivity index (χ2v) is 10.6. The second-order valence-electron chi connectivity index (χ2n) is 10.2. The van der Waals surface area contributed by atoms with E-state index in [9.17, 15) is 4.79 Å². The fraction of sp³-hybridized carbons (Fsp3) is 0.265. The van der Waals surface area contributed by atoms with Gasteiger partial charge in [0.15, 0.2) is 5.78 Å². The van der Waals surface area contributed by atoms with E-state index >= 15 is 0 Å². The van der Waals surface area contributed by atoms with E-state index in [1.54, 1.807) is 0 Å². The summed E-state index contributed by atoms with van der Waals surface area (Å²) in [4.78, 5) is 13.6. The molecule has 3 nitrogen and oxygen atoms in total. The quantitative estimate of drug-likeness (QED) is 0.140. The summed E-state index contributed by atoms with van der Waals surface area (Å²) >= 11 is 6.05. The molecule has 1 fully saturated rings. The zero-order valence-electron chi connectivity index (χ0n) is 21.7. The minimum Gasteiger partial charge on any atom is -0.313 e. The standard InChI is InChI=1S/C34H35ClN2O/c35-30-20-14-25(15-21-30)24-37-32(13-7-8-22-36-33-23-31(33)28-11-5-2-6-12-28)34(38)29-18-16-27(17-19-29)26-9-3-1-4-10-26/h1-6,9-12,14-21,31-33,36-37H,7-8,13,22-24H2/t31?,32-,33?/m0/s1. The van der Waals surface area contributed by atoms with Gasteiger partial charge in [0.25, 0.3) is 0 Å². The number of carbonyl (C=O) groups excluding carboxylic acids is 1. The first-order chi connectivity index (χ1) is 18.7. The zero-order chi connectivity index (χ0) is 26.2. The van der Waals surface area contributed by atoms with Gasteiger partial charge in [-0.15, -0.1) is 0 Å². The lowest BCUT2D eigenvalue weighted by Gasteiger charge is -2.18. The van der Waals surface area contributed by atoms with Gasteiger partial charge in [0, 0.05) is 29.1 Å². The van der Waals surface area contributed by atoms with Crippen LogP contribution in [0.25, 0.3) is 11.1 Å². The average Bonchev–Trinajstić information content (AvgIpc) is 3.76. The topological polar surface area (TPSA) is 41.1 Å². The van der Waals surface area contributed by atoms with E-state index in [2.05, 4.69) is 53.1 Å². The third kappa shape index (κ3) is 7.20. The smallest absolute Gasteiger partial charge is 0.179 e. The maximum absolute atomic E-state index is 13.6. The molecular formula is C34H35ClN2O. The van der Waals surface area contributed by atoms with E-state index in [-0.39, 0.29) is 11.8 Å². The molecular weight excluding hydrogens is 488 g/mol. The third-order valence-electron chi connectivity index (χ3n) is 7.40. The van der Waals surface area contributed by atoms with Crippen molar-refractivity contribution in [3.63, 3.8) is 0 Å². The molecule has 5 rings (SSSR count). The van der Waals surface area contributed by atoms with E-state index in [4.69, 9.17) is 11.6 Å². The summed E-state index contributed by atoms with van der Waals surface area (Å²) in [6.07, 6.45) is 4.06. The van der Waals surface area contributed by atoms with Crippen molar-refractivity contribution in [2.45, 2.75) is 50.2 Å². The van der Waals surface area contributed by atoms with Gasteiger partial charge in [0.05, 0.1) is 6.04 Å². The molecule has 0 amide bonds. The normalized spacial score (nSPS) is 17.2. The monoisotopic (exact) mass is 522 g/mol. The SMILES string of the molecule is O=C(c1ccc(-c2ccccc2)cc1)[C@H](CCCCNC1CC1c1ccccc1)NCc1ccc(Cl)cc1. The number of halogens is 1. The Hall–Kier alpha value is -3.24. The summed E-state index contributed by atoms with van der Waals surface area (Å²) in [5.41, 5.74) is 5.57. The molecule has 2 N–H and O–H groups in total. The first-order valence-corrected chi connectivity index (χ1v) is 14.0. The molecule has 0 bridgehead atoms. The van der Waals surface area contributed by atoms with Crippen LogP contribution in [0, 0.1) is 0 Å². The Balaban J connectivity index is 1.16. The Labute approximate surface area is 231 Å². The Morgan fingerprint density at radius 1 is 0.789 bits per heavy atom. The molecule has 1 aliphatic carbocycles. The highest BCUT2D eigenvalue weighted by Gasteiger charge is 2.37. The number of carbonyl (C=O) groups is 1. The fourth-order valence-corrected chi connectivity index (χ4v) is 5.20. The van der Waals surface area contributed by atoms with Crippen molar-refractivity contribution in [2.75, 3.05) is 6.54 Å². The van der Waals surface area contributed by atoms with E-state index in [0.717, 1.165) is 53.1 Å². The van der Waals surface area contributed by atoms with Crippen LogP contribution >= 0.6 is 11.6 Å². The maximum atomic E-state index is 13.6. The van der Waals surface area contributed by atoms with Gasteiger partial charge in [-0.1, -0.05) is 115 Å². The van der Waals surface area contributed by atoms with Crippen LogP contribution in [-0.4, -0.2) is 24.4 Å². The Morgan fingerprint density at radius 2 is 1.45 bits per heavy atom. The summed E-state index contributed by atoms with van der Waals surface area (Å²) in [5, 5.41) is 7.95. The molecule has 4 aromatic rings. The number of rotatable bonds is 13. The van der Waals surface area contributed by atoms with Gasteiger partial charge in [-0.2, -0.15) is 0 Å². The van der Waals surface area contributed by atoms with Crippen molar-refractivity contribution in [1.29, 1.82) is 0 Å². The van der Waals surface area contributed by atoms with Crippen LogP contribution < -0.4 is 10.6 Å². The predicted molar refractivity (Wildman–Crippen MR) is 158 cm³/mol. The number of hydrogen-bond acceptors (Lipinski definition) is 3. The summed E-state index contributed by atoms with van der Waals surface area (Å²) in [5.74, 6) is 0.795. The number of benzene rings is 4. The summed E-state index contributed by atoms with van der Waals surface area (Å²) < 4.78 is 0. The van der Waals surface area contributed by atoms with Crippen LogP contribution in [0.15, 0.2) is 109 Å². The van der Waals surface area contributed by atoms with Crippen LogP contribution in [0.5, 0.6) is 0 Å². The van der Waals surface area contributed by atoms with Crippen molar-refractivity contribution in [3.05, 3.63) is 131 Å². The average molecular weight is 523 g/mol. The van der Waals surface area contributed by atoms with Crippen molar-refractivity contribution >= 4 is 17.4 Å². The van der Waals surface area contributed by atoms with Gasteiger partial charge < -0.3 is 10.6 Å². The Bertz CT molecular complexity index is 1290. The molecule has 0 aromatic heterocycles. The Morgan fingerprint density at radius 3 is 2.16 bits per heavy atom. The lowest BCUT2D eigenvalue weighted by molar-refractivity contribution is 0.0935. The van der Waals surface area contributed by atoms with E-state index < -0.39 is 0 Å². The van der Waals surface area contributed by atoms with Gasteiger partial charge in [0.2, 0.25) is 0 Å². The molecule has 4 aromatic carbocycles. The first kappa shape index (κ1) is 26.4. The van der Waals surface area contributed by atoms with Gasteiger partial charge in [-0.3, -0.25) is 4.79 Å². The molecule has 4 heteroatoms. The van der Waals surface area contributed by atoms with E-state index in [1.165, 1.54) is 12.0 Å². The fourth-order valence-electron chi connectivity index (χ4n) is 5.08. The van der Waals surface area contributed by atoms with Crippen LogP contribution in [0.4, 0.5) is 0 Å². The van der Waals surface area contributed by atoms with Crippen molar-refractivity contribution in [3.8, 4) is 11.1 Å². The van der Waals surface area contributed by atoms with Gasteiger partial charge in [-0.25, -0.2) is 0 Å². The molecule has 3 atom stereocenters. The highest BCUT2D eigenvalue weighted by molar-refractivity contribution is 6.30. The molecule has 0 radical (unpaired) electrons. The van der Waals surface area contributed by atoms with Gasteiger partial charge >= 0.3 is 0 Å². The second kappa shape index (κ2) is 13.0. The largest absolute Gasteiger partial charge is 0.313 e. The van der Waals surface area contributed by atoms with E-state index in [0.29, 0.717) is 18.5 Å². The lowest BCUT2D eigenvalue weighted by atomic mass is 9.96. The molecule has 1 saturated carbocycles. The lowest BCUT2D eigenvalue weighted by Crippen LogP contribution is -2.36. The zero-order valence-corrected chi connectivity index (χ0v) is 22.4. The van der Waals surface area contributed by atoms with Crippen LogP contribution in [-0.2, 0) is 6.54 Å². The minimum atomic E-state index is -0.230. The molecule has 0 heterocycles. The van der Waals surface area contributed by atoms with Crippen LogP contribution in [0.1, 0.15) is 53.1 Å². The molecule has 38 heavy (non-hydrogen) atoms. The van der Waals surface area contributed by atoms with Crippen LogP contribution in [0.2, 0.25) is 5.02 Å². The molecule has 2 unspecified atom stereocenters. The highest BCUT2D eigenvalue weighted by Crippen LogP contribution is 2.40. The Kier molecular flexibility index (Phi) is 9.03. The highest BCUT2D eigenvalue weighted by atomic mass is 35.5. The van der Waals surface area contributed by atoms with Gasteiger partial charge in [0.1, 0.15) is 0 Å². The van der Waals surface area contributed by atoms with Gasteiger partial charge in [-0.05, 0) is 60.2 Å². The number of nitrogens with one attached hydrogen (secondary N) is 2.